The summed E-state index contributed by atoms with van der Waals surface area (Å²) in [5, 5.41) is 5.32. The molecule has 2 atom stereocenters. The number of unbranched alkanes of at least 4 members (excludes halogenated alkanes) is 1. The molecule has 4 aromatic carbocycles. The lowest BCUT2D eigenvalue weighted by molar-refractivity contribution is 0.0945. The topological polar surface area (TPSA) is 96.0 Å². The molecule has 1 aromatic heterocycles. The molecule has 286 valence electrons. The number of rotatable bonds is 14. The predicted molar refractivity (Wildman–Crippen MR) is 225 cm³/mol. The van der Waals surface area contributed by atoms with Gasteiger partial charge < -0.3 is 23.8 Å². The van der Waals surface area contributed by atoms with E-state index in [-0.39, 0.29) is 23.8 Å². The van der Waals surface area contributed by atoms with Gasteiger partial charge in [0.25, 0.3) is 14.2 Å². The van der Waals surface area contributed by atoms with Crippen molar-refractivity contribution in [3.05, 3.63) is 136 Å². The molecule has 1 N–H and O–H groups in total. The number of nitrogens with zero attached hydrogens (tertiary/aromatic N) is 2. The molecule has 0 bridgehead atoms. The number of hydrogen-bond donors (Lipinski definition) is 1. The highest BCUT2D eigenvalue weighted by Crippen LogP contribution is 2.45. The van der Waals surface area contributed by atoms with Crippen LogP contribution < -0.4 is 25.2 Å². The highest BCUT2D eigenvalue weighted by molar-refractivity contribution is 9.10. The van der Waals surface area contributed by atoms with E-state index in [2.05, 4.69) is 114 Å². The lowest BCUT2D eigenvalue weighted by Crippen LogP contribution is -2.66. The molecule has 0 saturated carbocycles. The zero-order valence-electron chi connectivity index (χ0n) is 31.8. The van der Waals surface area contributed by atoms with E-state index in [1.165, 1.54) is 10.4 Å². The molecular weight excluding hydrogens is 791 g/mol. The second-order valence-electron chi connectivity index (χ2n) is 15.1. The highest BCUT2D eigenvalue weighted by Gasteiger charge is 2.50. The molecular formula is C44H48BrN3O5SSi. The van der Waals surface area contributed by atoms with Crippen molar-refractivity contribution in [2.24, 2.45) is 0 Å². The van der Waals surface area contributed by atoms with Crippen LogP contribution in [-0.2, 0) is 28.9 Å². The molecule has 7 rings (SSSR count). The van der Waals surface area contributed by atoms with Crippen LogP contribution in [0.3, 0.4) is 0 Å². The summed E-state index contributed by atoms with van der Waals surface area (Å²) in [6.45, 7) is 10.4. The Morgan fingerprint density at radius 3 is 2.35 bits per heavy atom. The van der Waals surface area contributed by atoms with Gasteiger partial charge in [-0.15, -0.1) is 4.31 Å². The lowest BCUT2D eigenvalue weighted by atomic mass is 9.96. The Labute approximate surface area is 337 Å². The maximum atomic E-state index is 14.2. The van der Waals surface area contributed by atoms with Crippen LogP contribution in [-0.4, -0.2) is 47.2 Å². The number of halogens is 1. The second kappa shape index (κ2) is 17.0. The number of carbonyl (C=O) groups excluding carboxylic acids is 1. The van der Waals surface area contributed by atoms with E-state index in [1.807, 2.05) is 48.5 Å². The zero-order chi connectivity index (χ0) is 38.6. The van der Waals surface area contributed by atoms with E-state index in [0.717, 1.165) is 45.3 Å². The molecule has 55 heavy (non-hydrogen) atoms. The first kappa shape index (κ1) is 39.3. The minimum atomic E-state index is -2.82. The average molecular weight is 839 g/mol. The van der Waals surface area contributed by atoms with Crippen LogP contribution in [0.1, 0.15) is 80.2 Å². The van der Waals surface area contributed by atoms with Gasteiger partial charge in [-0.2, -0.15) is 0 Å². The van der Waals surface area contributed by atoms with Gasteiger partial charge in [-0.05, 0) is 69.7 Å². The third-order valence-electron chi connectivity index (χ3n) is 10.4. The summed E-state index contributed by atoms with van der Waals surface area (Å²) >= 11 is 2.41. The Balaban J connectivity index is 1.25. The van der Waals surface area contributed by atoms with Gasteiger partial charge in [-0.25, -0.2) is 4.98 Å². The number of fused-ring (bicyclic) bond motifs is 2. The first-order valence-electron chi connectivity index (χ1n) is 19.0. The first-order valence-corrected chi connectivity index (χ1v) is 22.9. The van der Waals surface area contributed by atoms with Crippen molar-refractivity contribution in [2.45, 2.75) is 71.1 Å². The SMILES string of the molecule is CCCC[S@@+]([O-])N1Cc2cc(C(=O)NCc3ccc4c(c3)OCO4)nc(-c3cccc(Br)c3)c2[C@H]1CCO[Si](c1ccccc1)(c1ccccc1)C(C)(C)C. The van der Waals surface area contributed by atoms with Gasteiger partial charge in [0.1, 0.15) is 11.4 Å². The Hall–Kier alpha value is -3.97. The number of carbonyl (C=O) groups is 1. The molecule has 0 aliphatic carbocycles. The fourth-order valence-electron chi connectivity index (χ4n) is 7.80. The molecule has 0 fully saturated rings. The highest BCUT2D eigenvalue weighted by atomic mass is 79.9. The normalized spacial score (nSPS) is 15.9. The van der Waals surface area contributed by atoms with Gasteiger partial charge in [0.05, 0.1) is 18.3 Å². The quantitative estimate of drug-likeness (QED) is 0.0887. The Kier molecular flexibility index (Phi) is 12.2. The van der Waals surface area contributed by atoms with Crippen LogP contribution in [0.4, 0.5) is 0 Å². The van der Waals surface area contributed by atoms with Crippen LogP contribution in [0.15, 0.2) is 114 Å². The number of pyridine rings is 1. The van der Waals surface area contributed by atoms with Gasteiger partial charge in [-0.1, -0.05) is 129 Å². The van der Waals surface area contributed by atoms with Crippen LogP contribution in [0, 0.1) is 0 Å². The summed E-state index contributed by atoms with van der Waals surface area (Å²) in [5.41, 5.74) is 4.77. The molecule has 2 aliphatic heterocycles. The molecule has 5 aromatic rings. The zero-order valence-corrected chi connectivity index (χ0v) is 35.3. The van der Waals surface area contributed by atoms with E-state index in [9.17, 15) is 9.35 Å². The molecule has 3 heterocycles. The fraction of sp³-hybridized carbons (Fsp3) is 0.318. The van der Waals surface area contributed by atoms with Gasteiger partial charge in [0.15, 0.2) is 11.5 Å². The Morgan fingerprint density at radius 1 is 0.964 bits per heavy atom. The van der Waals surface area contributed by atoms with Crippen molar-refractivity contribution in [1.82, 2.24) is 14.6 Å². The third-order valence-corrected chi connectivity index (χ3v) is 17.5. The van der Waals surface area contributed by atoms with Crippen LogP contribution in [0.25, 0.3) is 11.3 Å². The van der Waals surface area contributed by atoms with E-state index < -0.39 is 19.7 Å². The molecule has 11 heteroatoms. The van der Waals surface area contributed by atoms with E-state index in [4.69, 9.17) is 18.9 Å². The minimum Gasteiger partial charge on any atom is -0.598 e. The average Bonchev–Trinajstić information content (AvgIpc) is 3.82. The van der Waals surface area contributed by atoms with Crippen LogP contribution >= 0.6 is 15.9 Å². The summed E-state index contributed by atoms with van der Waals surface area (Å²) in [7, 11) is -2.82. The maximum absolute atomic E-state index is 14.2. The number of nitrogens with one attached hydrogen (secondary N) is 1. The summed E-state index contributed by atoms with van der Waals surface area (Å²) in [6, 6.07) is 36.6. The van der Waals surface area contributed by atoms with Crippen molar-refractivity contribution < 1.29 is 23.2 Å². The second-order valence-corrected chi connectivity index (χ2v) is 21.8. The summed E-state index contributed by atoms with van der Waals surface area (Å²) in [5.74, 6) is 1.65. The van der Waals surface area contributed by atoms with E-state index >= 15 is 0 Å². The molecule has 1 amide bonds. The largest absolute Gasteiger partial charge is 0.598 e. The van der Waals surface area contributed by atoms with Crippen molar-refractivity contribution in [3.8, 4) is 22.8 Å². The monoisotopic (exact) mass is 837 g/mol. The number of amides is 1. The van der Waals surface area contributed by atoms with Crippen molar-refractivity contribution in [1.29, 1.82) is 0 Å². The minimum absolute atomic E-state index is 0.182. The molecule has 0 saturated heterocycles. The number of benzene rings is 4. The summed E-state index contributed by atoms with van der Waals surface area (Å²) in [6.07, 6.45) is 2.41. The third kappa shape index (κ3) is 8.28. The Bertz CT molecular complexity index is 2080. The van der Waals surface area contributed by atoms with E-state index in [1.54, 1.807) is 0 Å². The fourth-order valence-corrected chi connectivity index (χ4v) is 14.3. The number of aromatic nitrogens is 1. The molecule has 2 aliphatic rings. The number of hydrogen-bond acceptors (Lipinski definition) is 7. The van der Waals surface area contributed by atoms with E-state index in [0.29, 0.717) is 49.1 Å². The van der Waals surface area contributed by atoms with Crippen molar-refractivity contribution in [2.75, 3.05) is 19.2 Å². The van der Waals surface area contributed by atoms with Crippen LogP contribution in [0.5, 0.6) is 11.5 Å². The van der Waals surface area contributed by atoms with Gasteiger partial charge in [0, 0.05) is 40.1 Å². The smallest absolute Gasteiger partial charge is 0.270 e. The molecule has 8 nitrogen and oxygen atoms in total. The first-order chi connectivity index (χ1) is 26.6. The Morgan fingerprint density at radius 2 is 1.67 bits per heavy atom. The van der Waals surface area contributed by atoms with Crippen molar-refractivity contribution in [3.63, 3.8) is 0 Å². The van der Waals surface area contributed by atoms with Crippen LogP contribution in [0.2, 0.25) is 5.04 Å². The number of ether oxygens (including phenoxy) is 2. The lowest BCUT2D eigenvalue weighted by Gasteiger charge is -2.43. The summed E-state index contributed by atoms with van der Waals surface area (Å²) in [4.78, 5) is 18.9. The van der Waals surface area contributed by atoms with Crippen molar-refractivity contribution >= 4 is 51.9 Å². The summed E-state index contributed by atoms with van der Waals surface area (Å²) < 4.78 is 35.6. The predicted octanol–water partition coefficient (Wildman–Crippen LogP) is 8.46. The van der Waals surface area contributed by atoms with Gasteiger partial charge in [-0.3, -0.25) is 4.79 Å². The van der Waals surface area contributed by atoms with Gasteiger partial charge in [0.2, 0.25) is 6.79 Å². The molecule has 0 spiro atoms. The maximum Gasteiger partial charge on any atom is 0.270 e. The molecule has 0 radical (unpaired) electrons. The van der Waals surface area contributed by atoms with Gasteiger partial charge >= 0.3 is 0 Å². The standard InChI is InChI=1S/C44H48BrN3O5SSi/c1-5-6-24-54(50)48-29-33-27-37(43(49)46-28-31-20-21-39-40(25-31)52-30-51-39)47-42(32-14-13-15-34(45)26-32)41(33)38(48)22-23-53-55(44(2,3)4,35-16-9-7-10-17-35)36-18-11-8-12-19-36/h7-21,25-27,38H,5-6,22-24,28-30H2,1-4H3,(H,46,49)/t38-,54-/m1/s1. The molecule has 0 unspecified atom stereocenters.